The topological polar surface area (TPSA) is 20.1 Å². The summed E-state index contributed by atoms with van der Waals surface area (Å²) in [4.78, 5) is 11.3. The molecule has 1 aliphatic carbocycles. The maximum atomic E-state index is 13.7. The molecule has 0 bridgehead atoms. The van der Waals surface area contributed by atoms with Crippen LogP contribution in [0, 0.1) is 0 Å². The van der Waals surface area contributed by atoms with E-state index in [2.05, 4.69) is 6.58 Å². The molecule has 21 heavy (non-hydrogen) atoms. The predicted octanol–water partition coefficient (Wildman–Crippen LogP) is 3.80. The Hall–Kier alpha value is -1.84. The largest absolute Gasteiger partial charge is 0.343 e. The van der Waals surface area contributed by atoms with Crippen LogP contribution in [-0.4, -0.2) is 29.0 Å². The Morgan fingerprint density at radius 2 is 1.90 bits per heavy atom. The van der Waals surface area contributed by atoms with Gasteiger partial charge in [-0.3, -0.25) is 4.79 Å². The standard InChI is InChI=1S/C17H20F2NO/c1-4-17(18,19)16-10-9-15(11-20(16)3)14-7-5-13(6-8-14)12(2)21/h4-5,7,11H,1,6,8-10H2,2-3H3/q+1. The fourth-order valence-corrected chi connectivity index (χ4v) is 2.77. The van der Waals surface area contributed by atoms with Gasteiger partial charge in [0.15, 0.2) is 12.0 Å². The first kappa shape index (κ1) is 15.5. The SMILES string of the molecule is C=CC(F)(F)C1=[N+](C)C=C(C2=CC=C(C(C)=O)CC2)CC1. The monoisotopic (exact) mass is 292 g/mol. The van der Waals surface area contributed by atoms with Gasteiger partial charge in [0.2, 0.25) is 5.71 Å². The van der Waals surface area contributed by atoms with Crippen molar-refractivity contribution >= 4 is 11.5 Å². The number of alkyl halides is 2. The molecule has 0 amide bonds. The Morgan fingerprint density at radius 1 is 1.24 bits per heavy atom. The lowest BCUT2D eigenvalue weighted by molar-refractivity contribution is -0.432. The molecule has 0 aromatic rings. The highest BCUT2D eigenvalue weighted by atomic mass is 19.3. The molecule has 0 saturated carbocycles. The normalized spacial score (nSPS) is 19.7. The molecule has 2 rings (SSSR count). The maximum absolute atomic E-state index is 13.7. The van der Waals surface area contributed by atoms with E-state index in [0.29, 0.717) is 18.9 Å². The number of halogens is 2. The van der Waals surface area contributed by atoms with Gasteiger partial charge in [-0.2, -0.15) is 8.78 Å². The van der Waals surface area contributed by atoms with Crippen LogP contribution in [0.4, 0.5) is 8.78 Å². The zero-order chi connectivity index (χ0) is 15.6. The van der Waals surface area contributed by atoms with Crippen molar-refractivity contribution < 1.29 is 18.2 Å². The molecular weight excluding hydrogens is 272 g/mol. The molecule has 1 heterocycles. The first-order valence-corrected chi connectivity index (χ1v) is 7.07. The van der Waals surface area contributed by atoms with Crippen LogP contribution >= 0.6 is 0 Å². The van der Waals surface area contributed by atoms with Gasteiger partial charge < -0.3 is 0 Å². The summed E-state index contributed by atoms with van der Waals surface area (Å²) in [6.07, 6.45) is 8.68. The van der Waals surface area contributed by atoms with Crippen molar-refractivity contribution in [3.8, 4) is 0 Å². The van der Waals surface area contributed by atoms with Gasteiger partial charge >= 0.3 is 5.92 Å². The molecule has 0 saturated heterocycles. The van der Waals surface area contributed by atoms with Gasteiger partial charge in [-0.1, -0.05) is 18.7 Å². The average Bonchev–Trinajstić information content (AvgIpc) is 2.47. The highest BCUT2D eigenvalue weighted by Gasteiger charge is 2.40. The van der Waals surface area contributed by atoms with Crippen LogP contribution in [0.3, 0.4) is 0 Å². The van der Waals surface area contributed by atoms with Gasteiger partial charge in [0.05, 0.1) is 0 Å². The number of allylic oxidation sites excluding steroid dienone is 6. The molecule has 0 atom stereocenters. The first-order valence-electron chi connectivity index (χ1n) is 7.07. The number of nitrogens with zero attached hydrogens (tertiary/aromatic N) is 1. The van der Waals surface area contributed by atoms with E-state index in [-0.39, 0.29) is 11.5 Å². The lowest BCUT2D eigenvalue weighted by atomic mass is 9.88. The van der Waals surface area contributed by atoms with Gasteiger partial charge in [-0.05, 0) is 43.4 Å². The molecule has 0 radical (unpaired) electrons. The van der Waals surface area contributed by atoms with Crippen molar-refractivity contribution in [2.24, 2.45) is 0 Å². The molecule has 2 aliphatic rings. The van der Waals surface area contributed by atoms with E-state index in [1.54, 1.807) is 20.2 Å². The zero-order valence-electron chi connectivity index (χ0n) is 12.5. The number of ketones is 1. The minimum Gasteiger partial charge on any atom is -0.295 e. The lowest BCUT2D eigenvalue weighted by Crippen LogP contribution is -2.34. The van der Waals surface area contributed by atoms with E-state index in [9.17, 15) is 13.6 Å². The van der Waals surface area contributed by atoms with Gasteiger partial charge in [0.25, 0.3) is 0 Å². The summed E-state index contributed by atoms with van der Waals surface area (Å²) in [7, 11) is 1.64. The van der Waals surface area contributed by atoms with Crippen molar-refractivity contribution in [2.45, 2.75) is 38.5 Å². The van der Waals surface area contributed by atoms with Gasteiger partial charge in [0.1, 0.15) is 7.05 Å². The molecule has 112 valence electrons. The molecule has 0 unspecified atom stereocenters. The minimum atomic E-state index is -2.96. The van der Waals surface area contributed by atoms with E-state index in [4.69, 9.17) is 0 Å². The van der Waals surface area contributed by atoms with Crippen LogP contribution in [0.5, 0.6) is 0 Å². The van der Waals surface area contributed by atoms with E-state index in [1.165, 1.54) is 4.58 Å². The van der Waals surface area contributed by atoms with E-state index in [1.807, 2.05) is 12.2 Å². The summed E-state index contributed by atoms with van der Waals surface area (Å²) in [5, 5.41) is 0. The van der Waals surface area contributed by atoms with E-state index >= 15 is 0 Å². The Morgan fingerprint density at radius 3 is 2.38 bits per heavy atom. The molecule has 2 nitrogen and oxygen atoms in total. The summed E-state index contributed by atoms with van der Waals surface area (Å²) < 4.78 is 28.9. The van der Waals surface area contributed by atoms with Crippen LogP contribution in [0.25, 0.3) is 0 Å². The number of carbonyl (C=O) groups excluding carboxylic acids is 1. The predicted molar refractivity (Wildman–Crippen MR) is 79.7 cm³/mol. The summed E-state index contributed by atoms with van der Waals surface area (Å²) in [5.41, 5.74) is 3.11. The highest BCUT2D eigenvalue weighted by Crippen LogP contribution is 2.31. The summed E-state index contributed by atoms with van der Waals surface area (Å²) in [6, 6.07) is 0. The number of carbonyl (C=O) groups is 1. The highest BCUT2D eigenvalue weighted by molar-refractivity contribution is 5.94. The lowest BCUT2D eigenvalue weighted by Gasteiger charge is -2.20. The minimum absolute atomic E-state index is 0.0811. The quantitative estimate of drug-likeness (QED) is 0.570. The maximum Gasteiger partial charge on any atom is 0.343 e. The van der Waals surface area contributed by atoms with Crippen molar-refractivity contribution in [1.29, 1.82) is 0 Å². The second-order valence-corrected chi connectivity index (χ2v) is 5.48. The van der Waals surface area contributed by atoms with Crippen molar-refractivity contribution in [1.82, 2.24) is 0 Å². The summed E-state index contributed by atoms with van der Waals surface area (Å²) in [6.45, 7) is 4.77. The average molecular weight is 292 g/mol. The molecule has 0 fully saturated rings. The Kier molecular flexibility index (Phi) is 4.35. The van der Waals surface area contributed by atoms with Crippen molar-refractivity contribution in [2.75, 3.05) is 7.05 Å². The molecule has 4 heteroatoms. The number of hydrogen-bond acceptors (Lipinski definition) is 1. The molecule has 0 aromatic heterocycles. The van der Waals surface area contributed by atoms with Gasteiger partial charge in [0, 0.05) is 12.0 Å². The van der Waals surface area contributed by atoms with Gasteiger partial charge in [-0.15, -0.1) is 0 Å². The Bertz CT molecular complexity index is 606. The fraction of sp³-hybridized carbons (Fsp3) is 0.412. The molecular formula is C17H20F2NO+. The van der Waals surface area contributed by atoms with Crippen LogP contribution in [0.1, 0.15) is 32.6 Å². The van der Waals surface area contributed by atoms with Crippen LogP contribution in [0.15, 0.2) is 47.7 Å². The molecule has 0 aromatic carbocycles. The fourth-order valence-electron chi connectivity index (χ4n) is 2.77. The molecule has 1 aliphatic heterocycles. The summed E-state index contributed by atoms with van der Waals surface area (Å²) in [5.74, 6) is -2.86. The Labute approximate surface area is 123 Å². The van der Waals surface area contributed by atoms with Gasteiger partial charge in [-0.25, -0.2) is 4.58 Å². The third-order valence-electron chi connectivity index (χ3n) is 4.06. The zero-order valence-corrected chi connectivity index (χ0v) is 12.5. The molecule has 0 N–H and O–H groups in total. The third-order valence-corrected chi connectivity index (χ3v) is 4.06. The summed E-state index contributed by atoms with van der Waals surface area (Å²) >= 11 is 0. The van der Waals surface area contributed by atoms with Crippen LogP contribution < -0.4 is 0 Å². The second-order valence-electron chi connectivity index (χ2n) is 5.48. The first-order chi connectivity index (χ1) is 9.85. The van der Waals surface area contributed by atoms with E-state index < -0.39 is 5.92 Å². The van der Waals surface area contributed by atoms with Crippen LogP contribution in [-0.2, 0) is 4.79 Å². The number of rotatable bonds is 4. The molecule has 0 spiro atoms. The van der Waals surface area contributed by atoms with Crippen molar-refractivity contribution in [3.05, 3.63) is 47.7 Å². The Balaban J connectivity index is 2.27. The number of hydrogen-bond donors (Lipinski definition) is 0. The number of Topliss-reactive ketones (excluding diaryl/α,β-unsaturated/α-hetero) is 1. The second kappa shape index (κ2) is 5.88. The smallest absolute Gasteiger partial charge is 0.295 e. The van der Waals surface area contributed by atoms with E-state index in [0.717, 1.165) is 29.6 Å². The van der Waals surface area contributed by atoms with Crippen molar-refractivity contribution in [3.63, 3.8) is 0 Å². The van der Waals surface area contributed by atoms with Crippen LogP contribution in [0.2, 0.25) is 0 Å². The third kappa shape index (κ3) is 3.26.